The van der Waals surface area contributed by atoms with Crippen molar-refractivity contribution in [3.05, 3.63) is 60.9 Å². The Morgan fingerprint density at radius 2 is 1.82 bits per heavy atom. The van der Waals surface area contributed by atoms with E-state index in [1.165, 1.54) is 6.33 Å². The van der Waals surface area contributed by atoms with Gasteiger partial charge in [0.25, 0.3) is 5.91 Å². The van der Waals surface area contributed by atoms with Gasteiger partial charge in [0.1, 0.15) is 29.3 Å². The van der Waals surface area contributed by atoms with Crippen LogP contribution in [-0.2, 0) is 9.53 Å². The van der Waals surface area contributed by atoms with Crippen LogP contribution in [0.5, 0.6) is 11.5 Å². The lowest BCUT2D eigenvalue weighted by molar-refractivity contribution is -0.131. The summed E-state index contributed by atoms with van der Waals surface area (Å²) in [6.07, 6.45) is 1.97. The summed E-state index contributed by atoms with van der Waals surface area (Å²) in [5.41, 5.74) is 8.52. The largest absolute Gasteiger partial charge is 0.457 e. The van der Waals surface area contributed by atoms with Crippen molar-refractivity contribution < 1.29 is 14.3 Å². The molecule has 2 unspecified atom stereocenters. The number of likely N-dealkylation sites (tertiary alicyclic amines) is 1. The molecule has 2 aromatic carbocycles. The molecule has 2 aliphatic heterocycles. The van der Waals surface area contributed by atoms with Gasteiger partial charge in [0.15, 0.2) is 11.8 Å². The van der Waals surface area contributed by atoms with Crippen LogP contribution in [0.25, 0.3) is 22.3 Å². The minimum atomic E-state index is -0.275. The molecule has 0 radical (unpaired) electrons. The fourth-order valence-electron chi connectivity index (χ4n) is 4.29. The molecule has 4 heterocycles. The Morgan fingerprint density at radius 1 is 1.06 bits per heavy atom. The summed E-state index contributed by atoms with van der Waals surface area (Å²) in [6.45, 7) is 1.76. The van der Waals surface area contributed by atoms with Gasteiger partial charge in [-0.2, -0.15) is 5.10 Å². The van der Waals surface area contributed by atoms with E-state index in [0.717, 1.165) is 23.5 Å². The van der Waals surface area contributed by atoms with E-state index in [0.29, 0.717) is 42.2 Å². The third-order valence-corrected chi connectivity index (χ3v) is 6.05. The Kier molecular flexibility index (Phi) is 4.69. The normalized spacial score (nSPS) is 19.7. The zero-order valence-electron chi connectivity index (χ0n) is 17.8. The maximum atomic E-state index is 12.4. The first-order chi connectivity index (χ1) is 16.2. The van der Waals surface area contributed by atoms with E-state index in [4.69, 9.17) is 20.3 Å². The van der Waals surface area contributed by atoms with Gasteiger partial charge in [-0.3, -0.25) is 4.79 Å². The lowest BCUT2D eigenvalue weighted by Gasteiger charge is -2.15. The molecule has 6 rings (SSSR count). The number of nitrogen functional groups attached to an aromatic ring is 1. The molecule has 2 fully saturated rings. The number of benzene rings is 2. The smallest absolute Gasteiger partial charge is 0.254 e. The van der Waals surface area contributed by atoms with E-state index in [9.17, 15) is 4.79 Å². The second-order valence-corrected chi connectivity index (χ2v) is 8.24. The highest BCUT2D eigenvalue weighted by Gasteiger charge is 2.39. The maximum Gasteiger partial charge on any atom is 0.254 e. The second-order valence-electron chi connectivity index (χ2n) is 8.24. The fraction of sp³-hybridized carbons (Fsp3) is 0.250. The Hall–Kier alpha value is -3.98. The summed E-state index contributed by atoms with van der Waals surface area (Å²) in [5, 5.41) is 5.61. The van der Waals surface area contributed by atoms with Gasteiger partial charge in [-0.1, -0.05) is 18.2 Å². The average molecular weight is 442 g/mol. The first-order valence-electron chi connectivity index (χ1n) is 10.9. The molecule has 9 nitrogen and oxygen atoms in total. The van der Waals surface area contributed by atoms with E-state index >= 15 is 0 Å². The third kappa shape index (κ3) is 3.66. The Balaban J connectivity index is 1.32. The van der Waals surface area contributed by atoms with Crippen LogP contribution in [0.15, 0.2) is 60.9 Å². The van der Waals surface area contributed by atoms with Crippen molar-refractivity contribution >= 4 is 22.8 Å². The summed E-state index contributed by atoms with van der Waals surface area (Å²) in [7, 11) is 0. The number of carbonyl (C=O) groups excluding carboxylic acids is 1. The van der Waals surface area contributed by atoms with Crippen LogP contribution in [-0.4, -0.2) is 56.4 Å². The molecule has 0 aliphatic carbocycles. The van der Waals surface area contributed by atoms with Gasteiger partial charge < -0.3 is 20.1 Å². The molecule has 1 amide bonds. The first-order valence-corrected chi connectivity index (χ1v) is 10.9. The minimum Gasteiger partial charge on any atom is -0.457 e. The quantitative estimate of drug-likeness (QED) is 0.473. The fourth-order valence-corrected chi connectivity index (χ4v) is 4.29. The summed E-state index contributed by atoms with van der Waals surface area (Å²) in [5.74, 6) is 1.93. The number of anilines is 1. The predicted octanol–water partition coefficient (Wildman–Crippen LogP) is 3.04. The SMILES string of the molecule is Nc1ncnc2c1c(-c1ccc(Oc3ccccc3)cc1)nn2C1CCN(C(=O)C2CO2)C1. The lowest BCUT2D eigenvalue weighted by Crippen LogP contribution is -2.32. The van der Waals surface area contributed by atoms with Crippen molar-refractivity contribution in [3.63, 3.8) is 0 Å². The van der Waals surface area contributed by atoms with E-state index in [2.05, 4.69) is 9.97 Å². The van der Waals surface area contributed by atoms with E-state index in [-0.39, 0.29) is 18.1 Å². The zero-order chi connectivity index (χ0) is 22.4. The van der Waals surface area contributed by atoms with Crippen molar-refractivity contribution in [2.24, 2.45) is 0 Å². The van der Waals surface area contributed by atoms with Gasteiger partial charge in [-0.15, -0.1) is 0 Å². The minimum absolute atomic E-state index is 0.0129. The van der Waals surface area contributed by atoms with Crippen LogP contribution in [0.2, 0.25) is 0 Å². The number of aromatic nitrogens is 4. The number of ether oxygens (including phenoxy) is 2. The maximum absolute atomic E-state index is 12.4. The van der Waals surface area contributed by atoms with Gasteiger partial charge >= 0.3 is 0 Å². The Labute approximate surface area is 189 Å². The Morgan fingerprint density at radius 3 is 2.58 bits per heavy atom. The molecule has 33 heavy (non-hydrogen) atoms. The van der Waals surface area contributed by atoms with Crippen LogP contribution >= 0.6 is 0 Å². The second kappa shape index (κ2) is 7.86. The Bertz CT molecular complexity index is 1320. The van der Waals surface area contributed by atoms with Crippen molar-refractivity contribution in [1.29, 1.82) is 0 Å². The number of rotatable bonds is 5. The topological polar surface area (TPSA) is 112 Å². The number of para-hydroxylation sites is 1. The van der Waals surface area contributed by atoms with E-state index in [1.54, 1.807) is 0 Å². The van der Waals surface area contributed by atoms with Gasteiger partial charge in [0, 0.05) is 18.7 Å². The van der Waals surface area contributed by atoms with Crippen LogP contribution in [0.1, 0.15) is 12.5 Å². The highest BCUT2D eigenvalue weighted by atomic mass is 16.6. The highest BCUT2D eigenvalue weighted by Crippen LogP contribution is 2.35. The number of amides is 1. The molecule has 166 valence electrons. The van der Waals surface area contributed by atoms with Crippen molar-refractivity contribution in [3.8, 4) is 22.8 Å². The standard InChI is InChI=1S/C24H22N6O3/c25-22-20-21(15-6-8-18(9-7-15)33-17-4-2-1-3-5-17)28-30(23(20)27-14-26-22)16-10-11-29(12-16)24(31)19-13-32-19/h1-9,14,16,19H,10-13H2,(H2,25,26,27). The van der Waals surface area contributed by atoms with E-state index < -0.39 is 0 Å². The summed E-state index contributed by atoms with van der Waals surface area (Å²) < 4.78 is 12.9. The first kappa shape index (κ1) is 19.7. The number of nitrogens with zero attached hydrogens (tertiary/aromatic N) is 5. The number of nitrogens with two attached hydrogens (primary N) is 1. The molecule has 0 spiro atoms. The van der Waals surface area contributed by atoms with Gasteiger partial charge in [0.2, 0.25) is 0 Å². The number of epoxide rings is 1. The van der Waals surface area contributed by atoms with Crippen molar-refractivity contribution in [2.75, 3.05) is 25.4 Å². The molecule has 2 N–H and O–H groups in total. The van der Waals surface area contributed by atoms with Crippen molar-refractivity contribution in [2.45, 2.75) is 18.6 Å². The molecule has 2 saturated heterocycles. The molecule has 0 saturated carbocycles. The molecule has 2 atom stereocenters. The lowest BCUT2D eigenvalue weighted by atomic mass is 10.1. The molecule has 2 aliphatic rings. The summed E-state index contributed by atoms with van der Waals surface area (Å²) >= 11 is 0. The number of hydrogen-bond donors (Lipinski definition) is 1. The predicted molar refractivity (Wildman–Crippen MR) is 122 cm³/mol. The van der Waals surface area contributed by atoms with E-state index in [1.807, 2.05) is 64.2 Å². The molecular formula is C24H22N6O3. The number of carbonyl (C=O) groups is 1. The van der Waals surface area contributed by atoms with Gasteiger partial charge in [0.05, 0.1) is 18.0 Å². The van der Waals surface area contributed by atoms with Gasteiger partial charge in [-0.25, -0.2) is 14.6 Å². The van der Waals surface area contributed by atoms with Crippen molar-refractivity contribution in [1.82, 2.24) is 24.6 Å². The molecule has 9 heteroatoms. The molecule has 2 aromatic heterocycles. The molecule has 4 aromatic rings. The monoisotopic (exact) mass is 442 g/mol. The zero-order valence-corrected chi connectivity index (χ0v) is 17.8. The molecule has 0 bridgehead atoms. The average Bonchev–Trinajstić information content (AvgIpc) is 3.44. The molecular weight excluding hydrogens is 420 g/mol. The van der Waals surface area contributed by atoms with Crippen LogP contribution in [0.4, 0.5) is 5.82 Å². The highest BCUT2D eigenvalue weighted by molar-refractivity contribution is 5.98. The number of fused-ring (bicyclic) bond motifs is 1. The van der Waals surface area contributed by atoms with Crippen LogP contribution < -0.4 is 10.5 Å². The van der Waals surface area contributed by atoms with Crippen LogP contribution in [0, 0.1) is 0 Å². The number of hydrogen-bond acceptors (Lipinski definition) is 7. The summed E-state index contributed by atoms with van der Waals surface area (Å²) in [6, 6.07) is 17.3. The van der Waals surface area contributed by atoms with Gasteiger partial charge in [-0.05, 0) is 42.8 Å². The summed E-state index contributed by atoms with van der Waals surface area (Å²) in [4.78, 5) is 22.9. The third-order valence-electron chi connectivity index (χ3n) is 6.05. The van der Waals surface area contributed by atoms with Crippen LogP contribution in [0.3, 0.4) is 0 Å².